The van der Waals surface area contributed by atoms with Crippen molar-refractivity contribution >= 4 is 0 Å². The lowest BCUT2D eigenvalue weighted by atomic mass is 10.1. The summed E-state index contributed by atoms with van der Waals surface area (Å²) in [6, 6.07) is 10.8. The molecule has 88 valence electrons. The third-order valence-electron chi connectivity index (χ3n) is 2.50. The highest BCUT2D eigenvalue weighted by atomic mass is 16.5. The van der Waals surface area contributed by atoms with Gasteiger partial charge in [0.05, 0.1) is 14.2 Å². The van der Waals surface area contributed by atoms with E-state index in [4.69, 9.17) is 9.47 Å². The first-order valence-corrected chi connectivity index (χ1v) is 5.16. The van der Waals surface area contributed by atoms with Crippen molar-refractivity contribution in [3.8, 4) is 22.8 Å². The number of benzene rings is 1. The van der Waals surface area contributed by atoms with Gasteiger partial charge < -0.3 is 9.47 Å². The topological polar surface area (TPSA) is 51.3 Å². The molecular formula is C13H13NO3. The lowest BCUT2D eigenvalue weighted by Gasteiger charge is -2.04. The average Bonchev–Trinajstić information content (AvgIpc) is 2.39. The molecule has 0 bridgehead atoms. The summed E-state index contributed by atoms with van der Waals surface area (Å²) in [5.74, 6) is 1.21. The molecule has 0 saturated heterocycles. The van der Waals surface area contributed by atoms with Crippen molar-refractivity contribution in [2.75, 3.05) is 14.2 Å². The Morgan fingerprint density at radius 1 is 0.941 bits per heavy atom. The van der Waals surface area contributed by atoms with Crippen LogP contribution in [0.5, 0.6) is 11.6 Å². The highest BCUT2D eigenvalue weighted by molar-refractivity contribution is 5.63. The quantitative estimate of drug-likeness (QED) is 0.879. The number of rotatable bonds is 3. The highest BCUT2D eigenvalue weighted by Gasteiger charge is 2.04. The number of H-pyrrole nitrogens is 1. The van der Waals surface area contributed by atoms with Crippen LogP contribution in [0, 0.1) is 0 Å². The second-order valence-electron chi connectivity index (χ2n) is 3.50. The van der Waals surface area contributed by atoms with E-state index in [9.17, 15) is 4.79 Å². The number of methoxy groups -OCH3 is 2. The lowest BCUT2D eigenvalue weighted by Crippen LogP contribution is -2.09. The molecule has 0 aliphatic heterocycles. The average molecular weight is 231 g/mol. The molecule has 0 atom stereocenters. The van der Waals surface area contributed by atoms with E-state index in [0.29, 0.717) is 11.4 Å². The molecule has 0 aliphatic rings. The monoisotopic (exact) mass is 231 g/mol. The van der Waals surface area contributed by atoms with E-state index in [1.54, 1.807) is 19.2 Å². The molecule has 4 nitrogen and oxygen atoms in total. The maximum atomic E-state index is 11.8. The zero-order valence-electron chi connectivity index (χ0n) is 9.69. The van der Waals surface area contributed by atoms with Crippen molar-refractivity contribution in [2.45, 2.75) is 0 Å². The number of pyridine rings is 1. The predicted octanol–water partition coefficient (Wildman–Crippen LogP) is 2.06. The van der Waals surface area contributed by atoms with Gasteiger partial charge in [-0.3, -0.25) is 9.78 Å². The van der Waals surface area contributed by atoms with Crippen LogP contribution >= 0.6 is 0 Å². The first-order chi connectivity index (χ1) is 8.24. The molecule has 0 fully saturated rings. The highest BCUT2D eigenvalue weighted by Crippen LogP contribution is 2.20. The smallest absolute Gasteiger partial charge is 0.258 e. The second-order valence-corrected chi connectivity index (χ2v) is 3.50. The van der Waals surface area contributed by atoms with Gasteiger partial charge in [0, 0.05) is 5.56 Å². The minimum atomic E-state index is -0.172. The third kappa shape index (κ3) is 2.30. The van der Waals surface area contributed by atoms with Crippen molar-refractivity contribution in [3.63, 3.8) is 0 Å². The van der Waals surface area contributed by atoms with E-state index in [2.05, 4.69) is 4.98 Å². The van der Waals surface area contributed by atoms with Gasteiger partial charge in [-0.15, -0.1) is 0 Å². The molecule has 0 unspecified atom stereocenters. The van der Waals surface area contributed by atoms with Crippen molar-refractivity contribution in [1.29, 1.82) is 0 Å². The minimum Gasteiger partial charge on any atom is -0.497 e. The van der Waals surface area contributed by atoms with Gasteiger partial charge in [0.15, 0.2) is 5.88 Å². The number of ether oxygens (including phenoxy) is 2. The summed E-state index contributed by atoms with van der Waals surface area (Å²) in [5.41, 5.74) is 1.28. The predicted molar refractivity (Wildman–Crippen MR) is 65.6 cm³/mol. The third-order valence-corrected chi connectivity index (χ3v) is 2.50. The van der Waals surface area contributed by atoms with Crippen molar-refractivity contribution in [2.24, 2.45) is 0 Å². The number of aromatic nitrogens is 1. The molecule has 2 aromatic rings. The number of hydrogen-bond acceptors (Lipinski definition) is 3. The van der Waals surface area contributed by atoms with Crippen LogP contribution in [0.1, 0.15) is 0 Å². The van der Waals surface area contributed by atoms with E-state index >= 15 is 0 Å². The number of aromatic amines is 1. The van der Waals surface area contributed by atoms with Gasteiger partial charge in [0.25, 0.3) is 5.56 Å². The van der Waals surface area contributed by atoms with E-state index in [-0.39, 0.29) is 5.56 Å². The minimum absolute atomic E-state index is 0.172. The van der Waals surface area contributed by atoms with Crippen LogP contribution in [0.2, 0.25) is 0 Å². The molecule has 2 rings (SSSR count). The Morgan fingerprint density at radius 2 is 1.65 bits per heavy atom. The molecule has 17 heavy (non-hydrogen) atoms. The lowest BCUT2D eigenvalue weighted by molar-refractivity contribution is 0.397. The van der Waals surface area contributed by atoms with Crippen LogP contribution in [0.25, 0.3) is 11.1 Å². The Morgan fingerprint density at radius 3 is 2.18 bits per heavy atom. The first-order valence-electron chi connectivity index (χ1n) is 5.16. The summed E-state index contributed by atoms with van der Waals surface area (Å²) < 4.78 is 10.0. The SMILES string of the molecule is COc1ccc(-c2ccc(OC)[nH]c2=O)cc1. The summed E-state index contributed by atoms with van der Waals surface area (Å²) in [7, 11) is 3.12. The zero-order chi connectivity index (χ0) is 12.3. The molecule has 4 heteroatoms. The van der Waals surface area contributed by atoms with Gasteiger partial charge >= 0.3 is 0 Å². The molecule has 0 radical (unpaired) electrons. The summed E-state index contributed by atoms with van der Waals surface area (Å²) in [4.78, 5) is 14.4. The van der Waals surface area contributed by atoms with Crippen LogP contribution in [0.4, 0.5) is 0 Å². The number of nitrogens with one attached hydrogen (secondary N) is 1. The maximum absolute atomic E-state index is 11.8. The summed E-state index contributed by atoms with van der Waals surface area (Å²) >= 11 is 0. The van der Waals surface area contributed by atoms with Gasteiger partial charge in [0.2, 0.25) is 0 Å². The molecule has 0 amide bonds. The fourth-order valence-electron chi connectivity index (χ4n) is 1.57. The molecule has 1 aromatic carbocycles. The number of hydrogen-bond donors (Lipinski definition) is 1. The fourth-order valence-corrected chi connectivity index (χ4v) is 1.57. The Hall–Kier alpha value is -2.23. The van der Waals surface area contributed by atoms with Crippen LogP contribution in [0.3, 0.4) is 0 Å². The van der Waals surface area contributed by atoms with E-state index in [0.717, 1.165) is 11.3 Å². The Bertz CT molecular complexity index is 558. The Balaban J connectivity index is 2.42. The van der Waals surface area contributed by atoms with E-state index in [1.807, 2.05) is 24.3 Å². The molecule has 0 saturated carbocycles. The molecular weight excluding hydrogens is 218 g/mol. The van der Waals surface area contributed by atoms with Gasteiger partial charge in [0.1, 0.15) is 5.75 Å². The van der Waals surface area contributed by atoms with Crippen LogP contribution in [0.15, 0.2) is 41.2 Å². The summed E-state index contributed by atoms with van der Waals surface area (Å²) in [6.45, 7) is 0. The first kappa shape index (κ1) is 11.3. The van der Waals surface area contributed by atoms with Gasteiger partial charge in [-0.05, 0) is 29.8 Å². The van der Waals surface area contributed by atoms with Crippen molar-refractivity contribution in [1.82, 2.24) is 4.98 Å². The van der Waals surface area contributed by atoms with Gasteiger partial charge in [-0.25, -0.2) is 0 Å². The van der Waals surface area contributed by atoms with Gasteiger partial charge in [-0.1, -0.05) is 12.1 Å². The Kier molecular flexibility index (Phi) is 3.14. The maximum Gasteiger partial charge on any atom is 0.258 e. The van der Waals surface area contributed by atoms with Crippen LogP contribution in [-0.2, 0) is 0 Å². The van der Waals surface area contributed by atoms with Crippen LogP contribution in [-0.4, -0.2) is 19.2 Å². The van der Waals surface area contributed by atoms with Gasteiger partial charge in [-0.2, -0.15) is 0 Å². The summed E-state index contributed by atoms with van der Waals surface area (Å²) in [5, 5.41) is 0. The molecule has 1 aromatic heterocycles. The molecule has 1 N–H and O–H groups in total. The normalized spacial score (nSPS) is 10.0. The molecule has 0 spiro atoms. The second kappa shape index (κ2) is 4.74. The molecule has 1 heterocycles. The fraction of sp³-hybridized carbons (Fsp3) is 0.154. The van der Waals surface area contributed by atoms with Crippen LogP contribution < -0.4 is 15.0 Å². The standard InChI is InChI=1S/C13H13NO3/c1-16-10-5-3-9(4-6-10)11-7-8-12(17-2)14-13(11)15/h3-8H,1-2H3,(H,14,15). The molecule has 0 aliphatic carbocycles. The largest absolute Gasteiger partial charge is 0.497 e. The van der Waals surface area contributed by atoms with E-state index < -0.39 is 0 Å². The van der Waals surface area contributed by atoms with Crippen molar-refractivity contribution < 1.29 is 9.47 Å². The Labute approximate surface area is 98.8 Å². The van der Waals surface area contributed by atoms with E-state index in [1.165, 1.54) is 7.11 Å². The summed E-state index contributed by atoms with van der Waals surface area (Å²) in [6.07, 6.45) is 0. The van der Waals surface area contributed by atoms with Crippen molar-refractivity contribution in [3.05, 3.63) is 46.8 Å². The zero-order valence-corrected chi connectivity index (χ0v) is 9.69.